The second-order valence-corrected chi connectivity index (χ2v) is 26.8. The van der Waals surface area contributed by atoms with Crippen LogP contribution in [0.5, 0.6) is 0 Å². The van der Waals surface area contributed by atoms with Crippen LogP contribution in [0.15, 0.2) is 24.3 Å². The third kappa shape index (κ3) is 4.48. The molecule has 5 aromatic heterocycles. The molecule has 0 saturated carbocycles. The maximum absolute atomic E-state index is 16.7. The van der Waals surface area contributed by atoms with Crippen molar-refractivity contribution >= 4 is 105 Å². The number of nitrogens with zero attached hydrogens (tertiary/aromatic N) is 2. The highest BCUT2D eigenvalue weighted by molar-refractivity contribution is 7.31. The highest BCUT2D eigenvalue weighted by atomic mass is 32.1. The van der Waals surface area contributed by atoms with Gasteiger partial charge in [-0.15, -0.1) is 45.3 Å². The van der Waals surface area contributed by atoms with Gasteiger partial charge in [0.2, 0.25) is 0 Å². The predicted octanol–water partition coefficient (Wildman–Crippen LogP) is 9.44. The monoisotopic (exact) mass is 753 g/mol. The molecule has 47 heavy (non-hydrogen) atoms. The Bertz CT molecular complexity index is 2030. The quantitative estimate of drug-likeness (QED) is 0.142. The van der Waals surface area contributed by atoms with Crippen molar-refractivity contribution < 1.29 is 8.78 Å². The molecule has 8 rings (SSSR count). The maximum Gasteiger partial charge on any atom is 0.170 e. The molecule has 0 saturated heterocycles. The Morgan fingerprint density at radius 2 is 0.979 bits per heavy atom. The van der Waals surface area contributed by atoms with Crippen LogP contribution in [0, 0.1) is 25.5 Å². The van der Waals surface area contributed by atoms with E-state index in [0.29, 0.717) is 17.6 Å². The number of nitrogens with two attached hydrogens (primary N) is 1. The molecule has 3 nitrogen and oxygen atoms in total. The van der Waals surface area contributed by atoms with Crippen LogP contribution in [0.25, 0.3) is 51.4 Å². The van der Waals surface area contributed by atoms with E-state index < -0.39 is 27.8 Å². The Morgan fingerprint density at radius 1 is 0.596 bits per heavy atom. The summed E-state index contributed by atoms with van der Waals surface area (Å²) in [6.45, 7) is 11.8. The molecule has 0 radical (unpaired) electrons. The Kier molecular flexibility index (Phi) is 8.15. The van der Waals surface area contributed by atoms with Crippen molar-refractivity contribution in [3.05, 3.63) is 45.7 Å². The molecule has 0 bridgehead atoms. The minimum atomic E-state index is -2.11. The molecule has 12 heteroatoms. The van der Waals surface area contributed by atoms with Gasteiger partial charge in [-0.25, -0.2) is 8.78 Å². The molecule has 2 N–H and O–H groups in total. The molecule has 0 fully saturated rings. The number of hydrogen-bond donors (Lipinski definition) is 1. The number of rotatable bonds is 10. The third-order valence-corrected chi connectivity index (χ3v) is 27.2. The van der Waals surface area contributed by atoms with Crippen molar-refractivity contribution in [2.24, 2.45) is 5.73 Å². The topological polar surface area (TPSA) is 51.8 Å². The molecule has 0 spiro atoms. The van der Waals surface area contributed by atoms with E-state index >= 15 is 8.78 Å². The van der Waals surface area contributed by atoms with Gasteiger partial charge in [0.05, 0.1) is 22.9 Å². The standard InChI is InChI=1S/C35H37F2N3S5Si2/c1-6-10-46(11-7-2)22-14-18(4)41-32(22)34-24(46)16-20(43-34)26-28(36)29(37)27(31-30(26)39-45-40-31)21-17-25-35(44-21)33-23(15-19(5)42-33)47(25,12-8-3)13-9-38/h14-17H,6-13,38H2,1-5H3. The molecule has 0 amide bonds. The zero-order valence-electron chi connectivity index (χ0n) is 27.2. The van der Waals surface area contributed by atoms with Gasteiger partial charge in [0, 0.05) is 39.0 Å². The van der Waals surface area contributed by atoms with Crippen LogP contribution in [-0.4, -0.2) is 31.4 Å². The largest absolute Gasteiger partial charge is 0.331 e. The van der Waals surface area contributed by atoms with Gasteiger partial charge < -0.3 is 5.73 Å². The Hall–Kier alpha value is -1.91. The van der Waals surface area contributed by atoms with E-state index in [-0.39, 0.29) is 11.1 Å². The van der Waals surface area contributed by atoms with Crippen molar-refractivity contribution in [3.8, 4) is 40.4 Å². The summed E-state index contributed by atoms with van der Waals surface area (Å²) >= 11 is 7.95. The summed E-state index contributed by atoms with van der Waals surface area (Å²) in [5.74, 6) is -1.61. The van der Waals surface area contributed by atoms with Gasteiger partial charge >= 0.3 is 0 Å². The van der Waals surface area contributed by atoms with E-state index in [0.717, 1.165) is 52.8 Å². The van der Waals surface area contributed by atoms with Gasteiger partial charge in [-0.05, 0) is 89.6 Å². The van der Waals surface area contributed by atoms with Gasteiger partial charge in [0.25, 0.3) is 0 Å². The molecular weight excluding hydrogens is 717 g/mol. The first-order chi connectivity index (χ1) is 22.7. The lowest BCUT2D eigenvalue weighted by atomic mass is 10.0. The molecular formula is C35H37F2N3S5Si2. The third-order valence-electron chi connectivity index (χ3n) is 10.3. The molecule has 0 aliphatic carbocycles. The van der Waals surface area contributed by atoms with Crippen molar-refractivity contribution in [1.29, 1.82) is 0 Å². The summed E-state index contributed by atoms with van der Waals surface area (Å²) < 4.78 is 42.7. The van der Waals surface area contributed by atoms with Crippen molar-refractivity contribution in [2.75, 3.05) is 6.54 Å². The first-order valence-electron chi connectivity index (χ1n) is 16.6. The highest BCUT2D eigenvalue weighted by Gasteiger charge is 2.48. The van der Waals surface area contributed by atoms with Crippen LogP contribution in [0.2, 0.25) is 24.2 Å². The SMILES string of the molecule is CCC[Si]1(CCC)c2cc(C)sc2-c2sc(-c3c(F)c(F)c(-c4cc5c(s4)-c4sc(C)cc4[Si]5(CCC)CCN)c4nsnc34)cc21. The van der Waals surface area contributed by atoms with Crippen molar-refractivity contribution in [1.82, 2.24) is 8.75 Å². The van der Waals surface area contributed by atoms with Gasteiger partial charge in [-0.1, -0.05) is 40.0 Å². The Balaban J connectivity index is 1.31. The second-order valence-electron chi connectivity index (χ2n) is 13.2. The minimum absolute atomic E-state index is 0.261. The van der Waals surface area contributed by atoms with Gasteiger partial charge in [-0.2, -0.15) is 8.75 Å². The van der Waals surface area contributed by atoms with Crippen LogP contribution in [0.3, 0.4) is 0 Å². The van der Waals surface area contributed by atoms with E-state index in [4.69, 9.17) is 5.73 Å². The summed E-state index contributed by atoms with van der Waals surface area (Å²) in [4.78, 5) is 9.34. The van der Waals surface area contributed by atoms with Crippen LogP contribution in [0.4, 0.5) is 8.78 Å². The molecule has 1 aromatic carbocycles. The molecule has 2 aliphatic rings. The zero-order chi connectivity index (χ0) is 32.8. The predicted molar refractivity (Wildman–Crippen MR) is 209 cm³/mol. The van der Waals surface area contributed by atoms with E-state index in [2.05, 4.69) is 67.6 Å². The van der Waals surface area contributed by atoms with Gasteiger partial charge in [-0.3, -0.25) is 0 Å². The number of hydrogen-bond acceptors (Lipinski definition) is 8. The number of benzene rings is 1. The summed E-state index contributed by atoms with van der Waals surface area (Å²) in [6.07, 6.45) is 3.31. The smallest absolute Gasteiger partial charge is 0.170 e. The van der Waals surface area contributed by atoms with Crippen molar-refractivity contribution in [2.45, 2.75) is 78.1 Å². The van der Waals surface area contributed by atoms with Crippen LogP contribution in [0.1, 0.15) is 49.8 Å². The van der Waals surface area contributed by atoms with E-state index in [1.807, 2.05) is 22.7 Å². The average molecular weight is 754 g/mol. The summed E-state index contributed by atoms with van der Waals surface area (Å²) in [5.41, 5.74) is 7.75. The Morgan fingerprint density at radius 3 is 1.38 bits per heavy atom. The van der Waals surface area contributed by atoms with Crippen LogP contribution in [-0.2, 0) is 0 Å². The molecule has 1 unspecified atom stereocenters. The summed E-state index contributed by atoms with van der Waals surface area (Å²) in [7, 11) is -4.11. The lowest BCUT2D eigenvalue weighted by Crippen LogP contribution is -2.55. The number of aromatic nitrogens is 2. The number of fused-ring (bicyclic) bond motifs is 7. The fraction of sp³-hybridized carbons (Fsp3) is 0.371. The molecule has 6 aromatic rings. The minimum Gasteiger partial charge on any atom is -0.331 e. The molecule has 1 atom stereocenters. The van der Waals surface area contributed by atoms with Crippen LogP contribution >= 0.6 is 57.1 Å². The first kappa shape index (κ1) is 32.3. The maximum atomic E-state index is 16.7. The summed E-state index contributed by atoms with van der Waals surface area (Å²) in [6, 6.07) is 13.6. The number of aryl methyl sites for hydroxylation is 2. The zero-order valence-corrected chi connectivity index (χ0v) is 33.3. The van der Waals surface area contributed by atoms with Crippen molar-refractivity contribution in [3.63, 3.8) is 0 Å². The molecule has 2 aliphatic heterocycles. The van der Waals surface area contributed by atoms with E-state index in [1.165, 1.54) is 56.9 Å². The first-order valence-corrected chi connectivity index (χ1v) is 25.4. The van der Waals surface area contributed by atoms with Gasteiger partial charge in [0.15, 0.2) is 11.6 Å². The number of thiophene rings is 4. The lowest BCUT2D eigenvalue weighted by molar-refractivity contribution is 0.516. The Labute approximate surface area is 296 Å². The van der Waals surface area contributed by atoms with Gasteiger partial charge in [0.1, 0.15) is 27.2 Å². The fourth-order valence-electron chi connectivity index (χ4n) is 8.69. The normalized spacial score (nSPS) is 17.4. The fourth-order valence-corrected chi connectivity index (χ4v) is 27.7. The van der Waals surface area contributed by atoms with E-state index in [9.17, 15) is 0 Å². The second kappa shape index (κ2) is 11.9. The summed E-state index contributed by atoms with van der Waals surface area (Å²) in [5, 5.41) is 5.81. The number of halogens is 2. The average Bonchev–Trinajstić information content (AvgIpc) is 3.88. The molecule has 7 heterocycles. The lowest BCUT2D eigenvalue weighted by Gasteiger charge is -2.27. The van der Waals surface area contributed by atoms with Crippen LogP contribution < -0.4 is 26.5 Å². The van der Waals surface area contributed by atoms with E-state index in [1.54, 1.807) is 27.9 Å². The highest BCUT2D eigenvalue weighted by Crippen LogP contribution is 2.50. The molecule has 244 valence electrons.